The van der Waals surface area contributed by atoms with Crippen LogP contribution in [-0.2, 0) is 6.54 Å². The molecule has 1 aliphatic rings. The van der Waals surface area contributed by atoms with Crippen molar-refractivity contribution in [3.63, 3.8) is 0 Å². The van der Waals surface area contributed by atoms with Crippen molar-refractivity contribution in [2.45, 2.75) is 32.4 Å². The minimum absolute atomic E-state index is 0.471. The van der Waals surface area contributed by atoms with Crippen molar-refractivity contribution in [2.24, 2.45) is 0 Å². The molecule has 0 amide bonds. The van der Waals surface area contributed by atoms with E-state index in [1.807, 2.05) is 4.57 Å². The number of nitrogens with two attached hydrogens (primary N) is 1. The average molecular weight is 227 g/mol. The first-order valence-electron chi connectivity index (χ1n) is 5.33. The lowest BCUT2D eigenvalue weighted by atomic mass is 10.3. The Morgan fingerprint density at radius 2 is 2.20 bits per heavy atom. The van der Waals surface area contributed by atoms with Crippen LogP contribution in [0.1, 0.15) is 19.8 Å². The fourth-order valence-electron chi connectivity index (χ4n) is 2.07. The topological polar surface area (TPSA) is 62.9 Å². The molecule has 15 heavy (non-hydrogen) atoms. The Bertz CT molecular complexity index is 376. The fraction of sp³-hybridized carbons (Fsp3) is 0.778. The van der Waals surface area contributed by atoms with Gasteiger partial charge < -0.3 is 5.73 Å². The maximum absolute atomic E-state index is 5.72. The van der Waals surface area contributed by atoms with Crippen LogP contribution in [-0.4, -0.2) is 38.8 Å². The molecule has 1 unspecified atom stereocenters. The minimum Gasteiger partial charge on any atom is -0.368 e. The van der Waals surface area contributed by atoms with Gasteiger partial charge in [0, 0.05) is 12.6 Å². The van der Waals surface area contributed by atoms with Crippen molar-refractivity contribution in [3.05, 3.63) is 4.77 Å². The second-order valence-corrected chi connectivity index (χ2v) is 4.48. The number of rotatable bonds is 3. The maximum atomic E-state index is 5.72. The zero-order valence-corrected chi connectivity index (χ0v) is 9.76. The maximum Gasteiger partial charge on any atom is 0.220 e. The number of anilines is 1. The number of likely N-dealkylation sites (tertiary alicyclic amines) is 1. The van der Waals surface area contributed by atoms with Gasteiger partial charge in [-0.3, -0.25) is 9.47 Å². The first kappa shape index (κ1) is 10.6. The summed E-state index contributed by atoms with van der Waals surface area (Å²) in [6, 6.07) is 0.471. The molecule has 6 heteroatoms. The molecule has 0 aliphatic carbocycles. The molecule has 1 fully saturated rings. The molecule has 0 saturated carbocycles. The van der Waals surface area contributed by atoms with Gasteiger partial charge in [0.15, 0.2) is 4.77 Å². The van der Waals surface area contributed by atoms with Gasteiger partial charge in [0.05, 0.1) is 0 Å². The Labute approximate surface area is 94.3 Å². The van der Waals surface area contributed by atoms with Crippen molar-refractivity contribution < 1.29 is 0 Å². The zero-order valence-electron chi connectivity index (χ0n) is 8.94. The Morgan fingerprint density at radius 1 is 1.53 bits per heavy atom. The standard InChI is InChI=1S/C9H17N5S/c1-7(13-4-2-3-5-13)6-14-8(10)11-12-9(14)15/h7H,2-6H2,1H3,(H2,10,11)(H,12,15). The van der Waals surface area contributed by atoms with E-state index in [0.717, 1.165) is 6.54 Å². The summed E-state index contributed by atoms with van der Waals surface area (Å²) in [4.78, 5) is 2.47. The SMILES string of the molecule is CC(Cn1c(N)n[nH]c1=S)N1CCCC1. The molecule has 2 rings (SSSR count). The molecule has 1 aromatic rings. The summed E-state index contributed by atoms with van der Waals surface area (Å²) in [7, 11) is 0. The second kappa shape index (κ2) is 4.32. The highest BCUT2D eigenvalue weighted by atomic mass is 32.1. The molecule has 0 aromatic carbocycles. The fourth-order valence-corrected chi connectivity index (χ4v) is 2.28. The van der Waals surface area contributed by atoms with Gasteiger partial charge in [-0.2, -0.15) is 0 Å². The molecule has 5 nitrogen and oxygen atoms in total. The molecule has 3 N–H and O–H groups in total. The van der Waals surface area contributed by atoms with Crippen molar-refractivity contribution in [1.82, 2.24) is 19.7 Å². The molecule has 1 atom stereocenters. The second-order valence-electron chi connectivity index (χ2n) is 4.09. The molecule has 1 saturated heterocycles. The smallest absolute Gasteiger partial charge is 0.220 e. The van der Waals surface area contributed by atoms with Crippen molar-refractivity contribution in [3.8, 4) is 0 Å². The van der Waals surface area contributed by atoms with Crippen LogP contribution >= 0.6 is 12.2 Å². The first-order chi connectivity index (χ1) is 7.18. The predicted molar refractivity (Wildman–Crippen MR) is 62.1 cm³/mol. The van der Waals surface area contributed by atoms with Gasteiger partial charge in [-0.05, 0) is 45.1 Å². The van der Waals surface area contributed by atoms with Crippen LogP contribution in [0.5, 0.6) is 0 Å². The first-order valence-corrected chi connectivity index (χ1v) is 5.74. The van der Waals surface area contributed by atoms with Crippen LogP contribution in [0.4, 0.5) is 5.95 Å². The number of aromatic amines is 1. The third-order valence-electron chi connectivity index (χ3n) is 3.00. The molecule has 0 radical (unpaired) electrons. The highest BCUT2D eigenvalue weighted by Gasteiger charge is 2.19. The van der Waals surface area contributed by atoms with Crippen LogP contribution in [0.3, 0.4) is 0 Å². The molecular weight excluding hydrogens is 210 g/mol. The number of nitrogen functional groups attached to an aromatic ring is 1. The van der Waals surface area contributed by atoms with Crippen molar-refractivity contribution in [2.75, 3.05) is 18.8 Å². The number of aromatic nitrogens is 3. The van der Waals surface area contributed by atoms with Crippen molar-refractivity contribution >= 4 is 18.2 Å². The van der Waals surface area contributed by atoms with Gasteiger partial charge in [0.2, 0.25) is 5.95 Å². The average Bonchev–Trinajstić information content (AvgIpc) is 2.82. The van der Waals surface area contributed by atoms with Gasteiger partial charge >= 0.3 is 0 Å². The molecule has 1 aromatic heterocycles. The van der Waals surface area contributed by atoms with Crippen LogP contribution in [0.15, 0.2) is 0 Å². The summed E-state index contributed by atoms with van der Waals surface area (Å²) >= 11 is 5.11. The highest BCUT2D eigenvalue weighted by Crippen LogP contribution is 2.13. The predicted octanol–water partition coefficient (Wildman–Crippen LogP) is 1.01. The largest absolute Gasteiger partial charge is 0.368 e. The third-order valence-corrected chi connectivity index (χ3v) is 3.31. The van der Waals surface area contributed by atoms with Crippen molar-refractivity contribution in [1.29, 1.82) is 0 Å². The monoisotopic (exact) mass is 227 g/mol. The molecule has 84 valence electrons. The Kier molecular flexibility index (Phi) is 3.06. The lowest BCUT2D eigenvalue weighted by Gasteiger charge is -2.23. The summed E-state index contributed by atoms with van der Waals surface area (Å²) in [6.45, 7) is 5.40. The number of hydrogen-bond acceptors (Lipinski definition) is 4. The van der Waals surface area contributed by atoms with Crippen LogP contribution in [0.2, 0.25) is 0 Å². The quantitative estimate of drug-likeness (QED) is 0.756. The summed E-state index contributed by atoms with van der Waals surface area (Å²) < 4.78 is 2.47. The van der Waals surface area contributed by atoms with Gasteiger partial charge in [0.25, 0.3) is 0 Å². The van der Waals surface area contributed by atoms with Gasteiger partial charge in [-0.1, -0.05) is 0 Å². The van der Waals surface area contributed by atoms with E-state index < -0.39 is 0 Å². The Hall–Kier alpha value is -0.880. The number of H-pyrrole nitrogens is 1. The summed E-state index contributed by atoms with van der Waals surface area (Å²) in [5, 5.41) is 6.61. The Balaban J connectivity index is 2.04. The third kappa shape index (κ3) is 2.21. The van der Waals surface area contributed by atoms with Crippen LogP contribution in [0.25, 0.3) is 0 Å². The summed E-state index contributed by atoms with van der Waals surface area (Å²) in [5.74, 6) is 0.478. The molecule has 2 heterocycles. The highest BCUT2D eigenvalue weighted by molar-refractivity contribution is 7.71. The van der Waals surface area contributed by atoms with Gasteiger partial charge in [0.1, 0.15) is 0 Å². The van der Waals surface area contributed by atoms with Crippen LogP contribution < -0.4 is 5.73 Å². The van der Waals surface area contributed by atoms with E-state index in [9.17, 15) is 0 Å². The van der Waals surface area contributed by atoms with E-state index in [2.05, 4.69) is 22.0 Å². The minimum atomic E-state index is 0.471. The van der Waals surface area contributed by atoms with E-state index >= 15 is 0 Å². The lowest BCUT2D eigenvalue weighted by molar-refractivity contribution is 0.236. The van der Waals surface area contributed by atoms with Gasteiger partial charge in [-0.15, -0.1) is 5.10 Å². The zero-order chi connectivity index (χ0) is 10.8. The normalized spacial score (nSPS) is 19.5. The van der Waals surface area contributed by atoms with Gasteiger partial charge in [-0.25, -0.2) is 5.10 Å². The molecule has 0 spiro atoms. The van der Waals surface area contributed by atoms with Crippen LogP contribution in [0, 0.1) is 4.77 Å². The van der Waals surface area contributed by atoms with E-state index in [1.54, 1.807) is 0 Å². The number of nitrogens with zero attached hydrogens (tertiary/aromatic N) is 3. The summed E-state index contributed by atoms with van der Waals surface area (Å²) in [6.07, 6.45) is 2.60. The molecular formula is C9H17N5S. The lowest BCUT2D eigenvalue weighted by Crippen LogP contribution is -2.34. The summed E-state index contributed by atoms with van der Waals surface area (Å²) in [5.41, 5.74) is 5.72. The van der Waals surface area contributed by atoms with E-state index in [4.69, 9.17) is 18.0 Å². The molecule has 1 aliphatic heterocycles. The Morgan fingerprint density at radius 3 is 2.73 bits per heavy atom. The van der Waals surface area contributed by atoms with E-state index in [-0.39, 0.29) is 0 Å². The number of hydrogen-bond donors (Lipinski definition) is 2. The van der Waals surface area contributed by atoms with E-state index in [1.165, 1.54) is 25.9 Å². The molecule has 0 bridgehead atoms. The van der Waals surface area contributed by atoms with E-state index in [0.29, 0.717) is 16.8 Å². The number of nitrogens with one attached hydrogen (secondary N) is 1.